The van der Waals surface area contributed by atoms with E-state index in [0.29, 0.717) is 35.3 Å². The van der Waals surface area contributed by atoms with Crippen LogP contribution >= 0.6 is 11.6 Å². The molecule has 1 saturated heterocycles. The Labute approximate surface area is 159 Å². The van der Waals surface area contributed by atoms with Crippen molar-refractivity contribution < 1.29 is 13.2 Å². The maximum atomic E-state index is 12.7. The number of carbonyl (C=O) groups excluding carboxylic acids is 1. The van der Waals surface area contributed by atoms with Gasteiger partial charge < -0.3 is 5.32 Å². The maximum Gasteiger partial charge on any atom is 0.255 e. The molecule has 1 aliphatic heterocycles. The van der Waals surface area contributed by atoms with Gasteiger partial charge >= 0.3 is 0 Å². The Hall–Kier alpha value is -1.89. The molecule has 3 rings (SSSR count). The van der Waals surface area contributed by atoms with E-state index < -0.39 is 10.0 Å². The van der Waals surface area contributed by atoms with E-state index in [9.17, 15) is 13.2 Å². The normalized spacial score (nSPS) is 18.5. The molecule has 0 saturated carbocycles. The third-order valence-electron chi connectivity index (χ3n) is 4.48. The second-order valence-corrected chi connectivity index (χ2v) is 8.97. The number of hydrogen-bond donors (Lipinski definition) is 1. The van der Waals surface area contributed by atoms with Crippen molar-refractivity contribution in [3.8, 4) is 0 Å². The number of anilines is 1. The minimum absolute atomic E-state index is 0.246. The van der Waals surface area contributed by atoms with Crippen molar-refractivity contribution in [3.63, 3.8) is 0 Å². The molecule has 1 aliphatic rings. The molecule has 1 heterocycles. The summed E-state index contributed by atoms with van der Waals surface area (Å²) >= 11 is 5.82. The second-order valence-electron chi connectivity index (χ2n) is 6.60. The van der Waals surface area contributed by atoms with E-state index in [0.717, 1.165) is 12.8 Å². The van der Waals surface area contributed by atoms with Gasteiger partial charge in [-0.15, -0.1) is 0 Å². The summed E-state index contributed by atoms with van der Waals surface area (Å²) in [6.45, 7) is 3.18. The number of rotatable bonds is 4. The van der Waals surface area contributed by atoms with Gasteiger partial charge in [-0.25, -0.2) is 8.42 Å². The van der Waals surface area contributed by atoms with Crippen LogP contribution < -0.4 is 5.32 Å². The number of nitrogens with one attached hydrogen (secondary N) is 1. The molecule has 0 aromatic heterocycles. The van der Waals surface area contributed by atoms with Crippen molar-refractivity contribution >= 4 is 33.2 Å². The zero-order valence-corrected chi connectivity index (χ0v) is 16.1. The van der Waals surface area contributed by atoms with Gasteiger partial charge in [0.15, 0.2) is 0 Å². The summed E-state index contributed by atoms with van der Waals surface area (Å²) in [7, 11) is -3.49. The summed E-state index contributed by atoms with van der Waals surface area (Å²) < 4.78 is 27.0. The van der Waals surface area contributed by atoms with Gasteiger partial charge in [0.1, 0.15) is 0 Å². The number of nitrogens with zero attached hydrogens (tertiary/aromatic N) is 1. The molecule has 0 aliphatic carbocycles. The Kier molecular flexibility index (Phi) is 5.65. The first-order chi connectivity index (χ1) is 12.4. The number of benzene rings is 2. The van der Waals surface area contributed by atoms with E-state index in [2.05, 4.69) is 12.2 Å². The van der Waals surface area contributed by atoms with E-state index in [1.807, 2.05) is 0 Å². The van der Waals surface area contributed by atoms with Gasteiger partial charge in [-0.2, -0.15) is 4.31 Å². The molecule has 0 spiro atoms. The molecule has 1 amide bonds. The SMILES string of the molecule is CC1CCCN(S(=O)(=O)c2ccc(NC(=O)c3ccc(Cl)cc3)cc2)C1. The highest BCUT2D eigenvalue weighted by atomic mass is 35.5. The highest BCUT2D eigenvalue weighted by molar-refractivity contribution is 7.89. The van der Waals surface area contributed by atoms with Crippen LogP contribution in [0.4, 0.5) is 5.69 Å². The van der Waals surface area contributed by atoms with E-state index >= 15 is 0 Å². The van der Waals surface area contributed by atoms with Crippen molar-refractivity contribution in [1.82, 2.24) is 4.31 Å². The molecule has 1 fully saturated rings. The van der Waals surface area contributed by atoms with Crippen molar-refractivity contribution in [2.45, 2.75) is 24.7 Å². The quantitative estimate of drug-likeness (QED) is 0.854. The number of carbonyl (C=O) groups is 1. The fourth-order valence-corrected chi connectivity index (χ4v) is 4.75. The molecule has 0 radical (unpaired) electrons. The van der Waals surface area contributed by atoms with Gasteiger partial charge in [-0.05, 0) is 67.3 Å². The number of halogens is 1. The lowest BCUT2D eigenvalue weighted by Crippen LogP contribution is -2.39. The molecule has 2 aromatic rings. The van der Waals surface area contributed by atoms with E-state index in [1.54, 1.807) is 40.7 Å². The van der Waals surface area contributed by atoms with E-state index in [1.165, 1.54) is 12.1 Å². The van der Waals surface area contributed by atoms with Crippen molar-refractivity contribution in [2.75, 3.05) is 18.4 Å². The Morgan fingerprint density at radius 2 is 1.77 bits per heavy atom. The lowest BCUT2D eigenvalue weighted by Gasteiger charge is -2.30. The van der Waals surface area contributed by atoms with Crippen molar-refractivity contribution in [2.24, 2.45) is 5.92 Å². The van der Waals surface area contributed by atoms with Gasteiger partial charge in [0, 0.05) is 29.4 Å². The van der Waals surface area contributed by atoms with Crippen LogP contribution in [0.15, 0.2) is 53.4 Å². The smallest absolute Gasteiger partial charge is 0.255 e. The first-order valence-corrected chi connectivity index (χ1v) is 10.4. The summed E-state index contributed by atoms with van der Waals surface area (Å²) in [5, 5.41) is 3.31. The highest BCUT2D eigenvalue weighted by Crippen LogP contribution is 2.24. The van der Waals surface area contributed by atoms with Crippen LogP contribution in [0.3, 0.4) is 0 Å². The molecular weight excluding hydrogens is 372 g/mol. The van der Waals surface area contributed by atoms with Crippen LogP contribution in [-0.4, -0.2) is 31.7 Å². The lowest BCUT2D eigenvalue weighted by molar-refractivity contribution is 0.102. The number of piperidine rings is 1. The largest absolute Gasteiger partial charge is 0.322 e. The molecule has 1 atom stereocenters. The van der Waals surface area contributed by atoms with Gasteiger partial charge in [-0.3, -0.25) is 4.79 Å². The highest BCUT2D eigenvalue weighted by Gasteiger charge is 2.28. The Balaban J connectivity index is 1.71. The van der Waals surface area contributed by atoms with Gasteiger partial charge in [0.2, 0.25) is 10.0 Å². The molecule has 1 unspecified atom stereocenters. The third kappa shape index (κ3) is 4.26. The van der Waals surface area contributed by atoms with Crippen molar-refractivity contribution in [1.29, 1.82) is 0 Å². The van der Waals surface area contributed by atoms with Gasteiger partial charge in [0.05, 0.1) is 4.90 Å². The molecule has 2 aromatic carbocycles. The van der Waals surface area contributed by atoms with Gasteiger partial charge in [-0.1, -0.05) is 18.5 Å². The number of hydrogen-bond acceptors (Lipinski definition) is 3. The molecule has 1 N–H and O–H groups in total. The average molecular weight is 393 g/mol. The summed E-state index contributed by atoms with van der Waals surface area (Å²) in [4.78, 5) is 12.5. The molecule has 7 heteroatoms. The van der Waals surface area contributed by atoms with Crippen LogP contribution in [0.25, 0.3) is 0 Å². The Morgan fingerprint density at radius 1 is 1.12 bits per heavy atom. The number of amides is 1. The zero-order chi connectivity index (χ0) is 18.7. The number of sulfonamides is 1. The lowest BCUT2D eigenvalue weighted by atomic mass is 10.0. The monoisotopic (exact) mass is 392 g/mol. The third-order valence-corrected chi connectivity index (χ3v) is 6.61. The minimum Gasteiger partial charge on any atom is -0.322 e. The molecule has 0 bridgehead atoms. The topological polar surface area (TPSA) is 66.5 Å². The van der Waals surface area contributed by atoms with Gasteiger partial charge in [0.25, 0.3) is 5.91 Å². The Bertz CT molecular complexity index is 880. The Morgan fingerprint density at radius 3 is 2.38 bits per heavy atom. The van der Waals surface area contributed by atoms with Crippen molar-refractivity contribution in [3.05, 3.63) is 59.1 Å². The fraction of sp³-hybridized carbons (Fsp3) is 0.316. The standard InChI is InChI=1S/C19H21ClN2O3S/c1-14-3-2-12-22(13-14)26(24,25)18-10-8-17(9-11-18)21-19(23)15-4-6-16(20)7-5-15/h4-11,14H,2-3,12-13H2,1H3,(H,21,23). The molecular formula is C19H21ClN2O3S. The zero-order valence-electron chi connectivity index (χ0n) is 14.5. The summed E-state index contributed by atoms with van der Waals surface area (Å²) in [6.07, 6.45) is 1.94. The predicted octanol–water partition coefficient (Wildman–Crippen LogP) is 4.01. The first kappa shape index (κ1) is 18.9. The minimum atomic E-state index is -3.49. The second kappa shape index (κ2) is 7.78. The van der Waals surface area contributed by atoms with Crippen LogP contribution in [0, 0.1) is 5.92 Å². The van der Waals surface area contributed by atoms with E-state index in [4.69, 9.17) is 11.6 Å². The predicted molar refractivity (Wildman–Crippen MR) is 103 cm³/mol. The molecule has 5 nitrogen and oxygen atoms in total. The average Bonchev–Trinajstić information content (AvgIpc) is 2.62. The summed E-state index contributed by atoms with van der Waals surface area (Å²) in [5.41, 5.74) is 1.02. The van der Waals surface area contributed by atoms with Crippen LogP contribution in [0.5, 0.6) is 0 Å². The summed E-state index contributed by atoms with van der Waals surface area (Å²) in [6, 6.07) is 12.8. The first-order valence-electron chi connectivity index (χ1n) is 8.53. The molecule has 26 heavy (non-hydrogen) atoms. The van der Waals surface area contributed by atoms with Crippen LogP contribution in [0.1, 0.15) is 30.1 Å². The molecule has 138 valence electrons. The van der Waals surface area contributed by atoms with E-state index in [-0.39, 0.29) is 10.8 Å². The maximum absolute atomic E-state index is 12.7. The van der Waals surface area contributed by atoms with Crippen LogP contribution in [0.2, 0.25) is 5.02 Å². The van der Waals surface area contributed by atoms with Crippen LogP contribution in [-0.2, 0) is 10.0 Å². The summed E-state index contributed by atoms with van der Waals surface area (Å²) in [5.74, 6) is 0.0959. The fourth-order valence-electron chi connectivity index (χ4n) is 3.03.